The highest BCUT2D eigenvalue weighted by Crippen LogP contribution is 2.38. The number of sulfonamides is 1. The summed E-state index contributed by atoms with van der Waals surface area (Å²) in [6, 6.07) is 14.6. The first-order valence-electron chi connectivity index (χ1n) is 9.55. The third-order valence-corrected chi connectivity index (χ3v) is 9.78. The minimum atomic E-state index is -4.02. The highest BCUT2D eigenvalue weighted by Gasteiger charge is 2.36. The molecule has 0 saturated heterocycles. The molecule has 1 aliphatic rings. The van der Waals surface area contributed by atoms with E-state index in [0.717, 1.165) is 19.5 Å². The molecule has 0 aliphatic carbocycles. The van der Waals surface area contributed by atoms with E-state index in [1.54, 1.807) is 30.3 Å². The van der Waals surface area contributed by atoms with Crippen LogP contribution in [0.5, 0.6) is 0 Å². The molecule has 1 N–H and O–H groups in total. The first kappa shape index (κ1) is 20.7. The summed E-state index contributed by atoms with van der Waals surface area (Å²) < 4.78 is 54.4. The van der Waals surface area contributed by atoms with E-state index in [4.69, 9.17) is 5.26 Å². The molecule has 2 aromatic heterocycles. The molecule has 5 rings (SSSR count). The summed E-state index contributed by atoms with van der Waals surface area (Å²) >= 11 is 1.40. The number of aromatic amines is 1. The number of nitrogens with one attached hydrogen (secondary N) is 1. The maximum atomic E-state index is 13.6. The Bertz CT molecular complexity index is 1640. The molecule has 0 amide bonds. The van der Waals surface area contributed by atoms with Gasteiger partial charge in [0.15, 0.2) is 9.84 Å². The third-order valence-electron chi connectivity index (χ3n) is 5.30. The van der Waals surface area contributed by atoms with Crippen molar-refractivity contribution in [3.8, 4) is 17.3 Å². The van der Waals surface area contributed by atoms with Gasteiger partial charge in [-0.05, 0) is 49.4 Å². The van der Waals surface area contributed by atoms with Crippen LogP contribution in [-0.2, 0) is 19.9 Å². The van der Waals surface area contributed by atoms with E-state index >= 15 is 0 Å². The van der Waals surface area contributed by atoms with Crippen molar-refractivity contribution in [2.75, 3.05) is 16.6 Å². The minimum Gasteiger partial charge on any atom is -0.346 e. The number of H-pyrrole nitrogens is 1. The van der Waals surface area contributed by atoms with Crippen LogP contribution in [0.4, 0.5) is 5.69 Å². The second-order valence-corrected chi connectivity index (χ2v) is 12.5. The Morgan fingerprint density at radius 3 is 2.72 bits per heavy atom. The Labute approximate surface area is 188 Å². The number of hydrogen-bond acceptors (Lipinski definition) is 7. The van der Waals surface area contributed by atoms with E-state index in [2.05, 4.69) is 9.97 Å². The number of benzene rings is 2. The first-order valence-corrected chi connectivity index (χ1v) is 13.5. The number of nitrogens with zero attached hydrogens (tertiary/aromatic N) is 3. The van der Waals surface area contributed by atoms with Gasteiger partial charge in [0.25, 0.3) is 10.0 Å². The lowest BCUT2D eigenvalue weighted by molar-refractivity contribution is 0.584. The van der Waals surface area contributed by atoms with Gasteiger partial charge in [0.05, 0.1) is 36.5 Å². The molecule has 2 aromatic carbocycles. The summed E-state index contributed by atoms with van der Waals surface area (Å²) in [6.45, 7) is 1.67. The van der Waals surface area contributed by atoms with Crippen LogP contribution in [-0.4, -0.2) is 39.1 Å². The summed E-state index contributed by atoms with van der Waals surface area (Å²) in [6.07, 6.45) is 0. The first-order chi connectivity index (χ1) is 15.2. The Morgan fingerprint density at radius 2 is 1.97 bits per heavy atom. The Morgan fingerprint density at radius 1 is 1.16 bits per heavy atom. The number of aryl methyl sites for hydroxylation is 1. The summed E-state index contributed by atoms with van der Waals surface area (Å²) in [5, 5.41) is 9.89. The third kappa shape index (κ3) is 3.28. The Balaban J connectivity index is 1.66. The van der Waals surface area contributed by atoms with E-state index in [1.165, 1.54) is 29.5 Å². The number of hydrogen-bond donors (Lipinski definition) is 1. The number of nitriles is 1. The SMILES string of the molecule is Cc1nc2ccc(S(=O)(=O)N3CCS(=O)(=O)c4ccc(-c5ccc(C#N)[nH]5)cc43)cc2s1. The number of thiazole rings is 1. The van der Waals surface area contributed by atoms with Gasteiger partial charge >= 0.3 is 0 Å². The maximum Gasteiger partial charge on any atom is 0.264 e. The van der Waals surface area contributed by atoms with Gasteiger partial charge < -0.3 is 4.98 Å². The van der Waals surface area contributed by atoms with Crippen LogP contribution >= 0.6 is 11.3 Å². The van der Waals surface area contributed by atoms with Crippen LogP contribution < -0.4 is 4.31 Å². The number of fused-ring (bicyclic) bond motifs is 2. The van der Waals surface area contributed by atoms with Gasteiger partial charge in [-0.3, -0.25) is 4.31 Å². The lowest BCUT2D eigenvalue weighted by atomic mass is 10.1. The van der Waals surface area contributed by atoms with Crippen molar-refractivity contribution in [3.63, 3.8) is 0 Å². The number of aromatic nitrogens is 2. The van der Waals surface area contributed by atoms with E-state index < -0.39 is 19.9 Å². The largest absolute Gasteiger partial charge is 0.346 e. The second-order valence-electron chi connectivity index (χ2n) is 7.34. The molecule has 11 heteroatoms. The molecule has 1 aliphatic heterocycles. The Hall–Kier alpha value is -3.20. The predicted molar refractivity (Wildman–Crippen MR) is 122 cm³/mol. The van der Waals surface area contributed by atoms with E-state index in [1.807, 2.05) is 13.0 Å². The predicted octanol–water partition coefficient (Wildman–Crippen LogP) is 3.45. The minimum absolute atomic E-state index is 0.0298. The van der Waals surface area contributed by atoms with Crippen molar-refractivity contribution in [2.24, 2.45) is 0 Å². The van der Waals surface area contributed by atoms with Crippen LogP contribution in [0.15, 0.2) is 58.3 Å². The fourth-order valence-corrected chi connectivity index (χ4v) is 7.79. The number of rotatable bonds is 3. The van der Waals surface area contributed by atoms with Crippen molar-refractivity contribution in [3.05, 3.63) is 59.2 Å². The molecule has 0 radical (unpaired) electrons. The van der Waals surface area contributed by atoms with E-state index in [9.17, 15) is 16.8 Å². The van der Waals surface area contributed by atoms with Gasteiger partial charge in [0.2, 0.25) is 0 Å². The molecule has 0 spiro atoms. The van der Waals surface area contributed by atoms with Gasteiger partial charge in [-0.2, -0.15) is 5.26 Å². The zero-order chi connectivity index (χ0) is 22.7. The highest BCUT2D eigenvalue weighted by molar-refractivity contribution is 7.94. The van der Waals surface area contributed by atoms with E-state index in [0.29, 0.717) is 17.0 Å². The Kier molecular flexibility index (Phi) is 4.63. The van der Waals surface area contributed by atoms with Crippen LogP contribution in [0, 0.1) is 18.3 Å². The van der Waals surface area contributed by atoms with Gasteiger partial charge in [-0.15, -0.1) is 11.3 Å². The number of sulfone groups is 1. The normalized spacial score (nSPS) is 15.4. The molecule has 3 heterocycles. The molecular weight excluding hydrogens is 468 g/mol. The molecule has 0 fully saturated rings. The average Bonchev–Trinajstić information content (AvgIpc) is 3.38. The van der Waals surface area contributed by atoms with Crippen LogP contribution in [0.2, 0.25) is 0 Å². The van der Waals surface area contributed by atoms with Crippen molar-refractivity contribution in [2.45, 2.75) is 16.7 Å². The molecule has 0 unspecified atom stereocenters. The van der Waals surface area contributed by atoms with Gasteiger partial charge in [-0.1, -0.05) is 6.07 Å². The molecule has 0 saturated carbocycles. The summed E-state index contributed by atoms with van der Waals surface area (Å²) in [7, 11) is -7.64. The van der Waals surface area contributed by atoms with Crippen LogP contribution in [0.1, 0.15) is 10.7 Å². The molecule has 162 valence electrons. The highest BCUT2D eigenvalue weighted by atomic mass is 32.2. The average molecular weight is 485 g/mol. The fourth-order valence-electron chi connectivity index (χ4n) is 3.76. The molecule has 0 atom stereocenters. The van der Waals surface area contributed by atoms with Gasteiger partial charge in [0.1, 0.15) is 11.8 Å². The summed E-state index contributed by atoms with van der Waals surface area (Å²) in [5.74, 6) is -0.304. The lowest BCUT2D eigenvalue weighted by Crippen LogP contribution is -2.39. The number of anilines is 1. The monoisotopic (exact) mass is 484 g/mol. The zero-order valence-electron chi connectivity index (χ0n) is 16.7. The quantitative estimate of drug-likeness (QED) is 0.475. The topological polar surface area (TPSA) is 124 Å². The smallest absolute Gasteiger partial charge is 0.264 e. The standard InChI is InChI=1S/C21H16N4O4S3/c1-13-23-18-6-4-16(11-20(18)30-13)32(28,29)25-8-9-31(26,27)21-7-2-14(10-19(21)25)17-5-3-15(12-22)24-17/h2-7,10-11,24H,8-9H2,1H3. The van der Waals surface area contributed by atoms with E-state index in [-0.39, 0.29) is 27.8 Å². The lowest BCUT2D eigenvalue weighted by Gasteiger charge is -2.30. The molecule has 32 heavy (non-hydrogen) atoms. The zero-order valence-corrected chi connectivity index (χ0v) is 19.2. The van der Waals surface area contributed by atoms with Crippen LogP contribution in [0.25, 0.3) is 21.5 Å². The molecular formula is C21H16N4O4S3. The second kappa shape index (κ2) is 7.16. The van der Waals surface area contributed by atoms with Crippen LogP contribution in [0.3, 0.4) is 0 Å². The maximum absolute atomic E-state index is 13.6. The summed E-state index contributed by atoms with van der Waals surface area (Å²) in [4.78, 5) is 7.34. The van der Waals surface area contributed by atoms with Crippen molar-refractivity contribution in [1.82, 2.24) is 9.97 Å². The van der Waals surface area contributed by atoms with Crippen molar-refractivity contribution < 1.29 is 16.8 Å². The molecule has 8 nitrogen and oxygen atoms in total. The fraction of sp³-hybridized carbons (Fsp3) is 0.143. The van der Waals surface area contributed by atoms with Crippen molar-refractivity contribution in [1.29, 1.82) is 5.26 Å². The summed E-state index contributed by atoms with van der Waals surface area (Å²) in [5.41, 5.74) is 2.34. The molecule has 0 bridgehead atoms. The van der Waals surface area contributed by atoms with Gasteiger partial charge in [0, 0.05) is 17.8 Å². The molecule has 4 aromatic rings. The van der Waals surface area contributed by atoms with Crippen molar-refractivity contribution >= 4 is 47.1 Å². The van der Waals surface area contributed by atoms with Gasteiger partial charge in [-0.25, -0.2) is 21.8 Å².